The van der Waals surface area contributed by atoms with Crippen LogP contribution in [0.4, 0.5) is 0 Å². The van der Waals surface area contributed by atoms with E-state index in [4.69, 9.17) is 4.74 Å². The molecule has 0 saturated carbocycles. The smallest absolute Gasteiger partial charge is 0.256 e. The highest BCUT2D eigenvalue weighted by Crippen LogP contribution is 2.31. The third-order valence-corrected chi connectivity index (χ3v) is 5.57. The molecule has 1 atom stereocenters. The van der Waals surface area contributed by atoms with Gasteiger partial charge in [0.1, 0.15) is 5.54 Å². The van der Waals surface area contributed by atoms with Crippen molar-refractivity contribution in [3.05, 3.63) is 35.9 Å². The first kappa shape index (κ1) is 17.9. The molecular weight excluding hydrogens is 318 g/mol. The van der Waals surface area contributed by atoms with Crippen LogP contribution in [0, 0.1) is 0 Å². The summed E-state index contributed by atoms with van der Waals surface area (Å²) < 4.78 is 5.47. The Bertz CT molecular complexity index is 612. The molecule has 1 unspecified atom stereocenters. The van der Waals surface area contributed by atoms with Gasteiger partial charge in [-0.05, 0) is 31.9 Å². The van der Waals surface area contributed by atoms with Crippen molar-refractivity contribution in [2.24, 2.45) is 0 Å². The van der Waals surface area contributed by atoms with Crippen LogP contribution < -0.4 is 5.32 Å². The number of likely N-dealkylation sites (tertiary alicyclic amines) is 1. The second kappa shape index (κ2) is 7.54. The molecule has 0 aromatic heterocycles. The zero-order valence-corrected chi connectivity index (χ0v) is 15.0. The van der Waals surface area contributed by atoms with Crippen LogP contribution in [-0.2, 0) is 14.3 Å². The van der Waals surface area contributed by atoms with Gasteiger partial charge in [-0.1, -0.05) is 30.3 Å². The van der Waals surface area contributed by atoms with Gasteiger partial charge in [-0.25, -0.2) is 0 Å². The monoisotopic (exact) mass is 345 g/mol. The molecule has 2 saturated heterocycles. The molecule has 0 aliphatic carbocycles. The van der Waals surface area contributed by atoms with Gasteiger partial charge in [-0.15, -0.1) is 0 Å². The van der Waals surface area contributed by atoms with Crippen LogP contribution >= 0.6 is 0 Å². The number of rotatable bonds is 3. The molecule has 1 spiro atoms. The van der Waals surface area contributed by atoms with Gasteiger partial charge in [0, 0.05) is 33.3 Å². The normalized spacial score (nSPS) is 22.3. The van der Waals surface area contributed by atoms with Gasteiger partial charge in [0.05, 0.1) is 0 Å². The van der Waals surface area contributed by atoms with Crippen LogP contribution in [0.3, 0.4) is 0 Å². The highest BCUT2D eigenvalue weighted by molar-refractivity contribution is 5.87. The Morgan fingerprint density at radius 2 is 1.88 bits per heavy atom. The van der Waals surface area contributed by atoms with Crippen LogP contribution in [0.5, 0.6) is 0 Å². The Morgan fingerprint density at radius 1 is 1.20 bits per heavy atom. The van der Waals surface area contributed by atoms with Crippen LogP contribution in [0.1, 0.15) is 30.9 Å². The number of hydrogen-bond acceptors (Lipinski definition) is 4. The number of carbonyl (C=O) groups is 2. The Morgan fingerprint density at radius 3 is 2.52 bits per heavy atom. The third-order valence-electron chi connectivity index (χ3n) is 5.57. The zero-order chi connectivity index (χ0) is 17.9. The average molecular weight is 345 g/mol. The summed E-state index contributed by atoms with van der Waals surface area (Å²) in [4.78, 5) is 29.5. The molecule has 2 amide bonds. The van der Waals surface area contributed by atoms with Crippen molar-refractivity contribution in [1.29, 1.82) is 0 Å². The molecule has 2 heterocycles. The maximum absolute atomic E-state index is 12.9. The quantitative estimate of drug-likeness (QED) is 0.894. The first-order valence-corrected chi connectivity index (χ1v) is 8.94. The lowest BCUT2D eigenvalue weighted by molar-refractivity contribution is -0.148. The summed E-state index contributed by atoms with van der Waals surface area (Å²) in [6.45, 7) is 2.78. The largest absolute Gasteiger partial charge is 0.367 e. The van der Waals surface area contributed by atoms with Gasteiger partial charge in [0.15, 0.2) is 6.10 Å². The SMILES string of the molecule is COC(C(=O)N1CCC2(CC1)C(=O)NCCCN2C)c1ccccc1. The summed E-state index contributed by atoms with van der Waals surface area (Å²) in [7, 11) is 3.58. The lowest BCUT2D eigenvalue weighted by atomic mass is 9.84. The first-order chi connectivity index (χ1) is 12.1. The Kier molecular flexibility index (Phi) is 5.39. The summed E-state index contributed by atoms with van der Waals surface area (Å²) in [5, 5.41) is 3.03. The predicted octanol–water partition coefficient (Wildman–Crippen LogP) is 1.19. The summed E-state index contributed by atoms with van der Waals surface area (Å²) in [5.74, 6) is 0.0752. The first-order valence-electron chi connectivity index (χ1n) is 8.94. The molecule has 0 radical (unpaired) electrons. The zero-order valence-electron chi connectivity index (χ0n) is 15.0. The Hall–Kier alpha value is -1.92. The molecule has 6 nitrogen and oxygen atoms in total. The minimum absolute atomic E-state index is 0.0276. The van der Waals surface area contributed by atoms with Gasteiger partial charge in [-0.2, -0.15) is 0 Å². The fourth-order valence-electron chi connectivity index (χ4n) is 3.95. The molecule has 1 aromatic carbocycles. The van der Waals surface area contributed by atoms with E-state index in [2.05, 4.69) is 10.2 Å². The number of methoxy groups -OCH3 is 1. The van der Waals surface area contributed by atoms with E-state index in [-0.39, 0.29) is 11.8 Å². The van der Waals surface area contributed by atoms with Gasteiger partial charge in [-0.3, -0.25) is 14.5 Å². The van der Waals surface area contributed by atoms with Crippen LogP contribution in [0.25, 0.3) is 0 Å². The number of piperidine rings is 1. The molecule has 1 N–H and O–H groups in total. The third kappa shape index (κ3) is 3.41. The molecule has 2 fully saturated rings. The van der Waals surface area contributed by atoms with Crippen molar-refractivity contribution in [3.63, 3.8) is 0 Å². The standard InChI is InChI=1S/C19H27N3O3/c1-21-12-6-11-20-18(24)19(21)9-13-22(14-10-19)17(23)16(25-2)15-7-4-3-5-8-15/h3-5,7-8,16H,6,9-14H2,1-2H3,(H,20,24). The number of nitrogens with one attached hydrogen (secondary N) is 1. The minimum atomic E-state index is -0.587. The van der Waals surface area contributed by atoms with Crippen molar-refractivity contribution in [2.45, 2.75) is 30.9 Å². The summed E-state index contributed by atoms with van der Waals surface area (Å²) in [5.41, 5.74) is 0.377. The number of carbonyl (C=O) groups excluding carboxylic acids is 2. The van der Waals surface area contributed by atoms with Crippen molar-refractivity contribution in [1.82, 2.24) is 15.1 Å². The van der Waals surface area contributed by atoms with E-state index in [1.165, 1.54) is 0 Å². The molecule has 6 heteroatoms. The number of ether oxygens (including phenoxy) is 1. The molecule has 2 aliphatic rings. The highest BCUT2D eigenvalue weighted by atomic mass is 16.5. The van der Waals surface area contributed by atoms with Crippen LogP contribution in [-0.4, -0.2) is 67.5 Å². The average Bonchev–Trinajstić information content (AvgIpc) is 2.78. The maximum Gasteiger partial charge on any atom is 0.256 e. The Labute approximate surface area is 149 Å². The van der Waals surface area contributed by atoms with Gasteiger partial charge >= 0.3 is 0 Å². The molecule has 2 aliphatic heterocycles. The van der Waals surface area contributed by atoms with Crippen molar-refractivity contribution < 1.29 is 14.3 Å². The van der Waals surface area contributed by atoms with Crippen molar-refractivity contribution in [3.8, 4) is 0 Å². The van der Waals surface area contributed by atoms with E-state index in [9.17, 15) is 9.59 Å². The molecule has 25 heavy (non-hydrogen) atoms. The summed E-state index contributed by atoms with van der Waals surface area (Å²) >= 11 is 0. The Balaban J connectivity index is 1.71. The number of amides is 2. The number of nitrogens with zero attached hydrogens (tertiary/aromatic N) is 2. The molecule has 3 rings (SSSR count). The fraction of sp³-hybridized carbons (Fsp3) is 0.579. The second-order valence-electron chi connectivity index (χ2n) is 6.91. The van der Waals surface area contributed by atoms with E-state index in [0.29, 0.717) is 25.9 Å². The fourth-order valence-corrected chi connectivity index (χ4v) is 3.95. The maximum atomic E-state index is 12.9. The van der Waals surface area contributed by atoms with Crippen molar-refractivity contribution in [2.75, 3.05) is 40.3 Å². The highest BCUT2D eigenvalue weighted by Gasteiger charge is 2.46. The van der Waals surface area contributed by atoms with E-state index < -0.39 is 11.6 Å². The second-order valence-corrected chi connectivity index (χ2v) is 6.91. The minimum Gasteiger partial charge on any atom is -0.367 e. The summed E-state index contributed by atoms with van der Waals surface area (Å²) in [6, 6.07) is 9.55. The lowest BCUT2D eigenvalue weighted by Crippen LogP contribution is -2.61. The topological polar surface area (TPSA) is 61.9 Å². The van der Waals surface area contributed by atoms with E-state index >= 15 is 0 Å². The number of likely N-dealkylation sites (N-methyl/N-ethyl adjacent to an activating group) is 1. The molecular formula is C19H27N3O3. The van der Waals surface area contributed by atoms with E-state index in [0.717, 1.165) is 25.1 Å². The molecule has 136 valence electrons. The molecule has 1 aromatic rings. The van der Waals surface area contributed by atoms with Crippen molar-refractivity contribution >= 4 is 11.8 Å². The lowest BCUT2D eigenvalue weighted by Gasteiger charge is -2.45. The van der Waals surface area contributed by atoms with Gasteiger partial charge in [0.2, 0.25) is 5.91 Å². The van der Waals surface area contributed by atoms with Gasteiger partial charge in [0.25, 0.3) is 5.91 Å². The summed E-state index contributed by atoms with van der Waals surface area (Å²) in [6.07, 6.45) is 1.70. The van der Waals surface area contributed by atoms with Gasteiger partial charge < -0.3 is 15.0 Å². The molecule has 0 bridgehead atoms. The van der Waals surface area contributed by atoms with Crippen LogP contribution in [0.15, 0.2) is 30.3 Å². The number of benzene rings is 1. The predicted molar refractivity (Wildman–Crippen MR) is 95.0 cm³/mol. The number of hydrogen-bond donors (Lipinski definition) is 1. The van der Waals surface area contributed by atoms with E-state index in [1.54, 1.807) is 7.11 Å². The van der Waals surface area contributed by atoms with Crippen LogP contribution in [0.2, 0.25) is 0 Å². The van der Waals surface area contributed by atoms with E-state index in [1.807, 2.05) is 42.3 Å².